The monoisotopic (exact) mass is 456 g/mol. The lowest BCUT2D eigenvalue weighted by Gasteiger charge is -2.73. The van der Waals surface area contributed by atoms with Gasteiger partial charge in [0.2, 0.25) is 0 Å². The molecule has 0 aliphatic heterocycles. The van der Waals surface area contributed by atoms with E-state index >= 15 is 0 Å². The molecule has 5 saturated carbocycles. The Labute approximate surface area is 201 Å². The van der Waals surface area contributed by atoms with Crippen molar-refractivity contribution in [1.82, 2.24) is 0 Å². The van der Waals surface area contributed by atoms with Gasteiger partial charge in [-0.05, 0) is 115 Å². The standard InChI is InChI=1S/C30H48O3/c1-18-10-15-30(25(32)33)17-16-28(6)20(24(30)19(18)2)8-9-22-27(5)13-12-23(31)26(3,4)21(27)11-14-29(22,28)7/h18,20-24,31H,2,8-17H2,1,3-7H3,(H,32,33)/t18-,20-,21+,22-,23+,24+,27+,28-,29-,30+/m1/s1. The molecule has 3 nitrogen and oxygen atoms in total. The molecule has 0 unspecified atom stereocenters. The van der Waals surface area contributed by atoms with Crippen LogP contribution in [0.4, 0.5) is 0 Å². The van der Waals surface area contributed by atoms with Crippen LogP contribution in [0, 0.1) is 56.7 Å². The van der Waals surface area contributed by atoms with Gasteiger partial charge in [0.15, 0.2) is 0 Å². The Kier molecular flexibility index (Phi) is 5.15. The van der Waals surface area contributed by atoms with Crippen molar-refractivity contribution in [1.29, 1.82) is 0 Å². The number of carboxylic acids is 1. The lowest BCUT2D eigenvalue weighted by Crippen LogP contribution is -2.67. The molecule has 0 bridgehead atoms. The van der Waals surface area contributed by atoms with Crippen LogP contribution >= 0.6 is 0 Å². The lowest BCUT2D eigenvalue weighted by atomic mass is 9.31. The van der Waals surface area contributed by atoms with E-state index in [-0.39, 0.29) is 33.7 Å². The molecule has 10 atom stereocenters. The van der Waals surface area contributed by atoms with Crippen LogP contribution in [0.3, 0.4) is 0 Å². The quantitative estimate of drug-likeness (QED) is 0.414. The second-order valence-electron chi connectivity index (χ2n) is 14.5. The predicted molar refractivity (Wildman–Crippen MR) is 133 cm³/mol. The number of allylic oxidation sites excluding steroid dienone is 1. The minimum absolute atomic E-state index is 0.0236. The fourth-order valence-corrected chi connectivity index (χ4v) is 11.2. The Morgan fingerprint density at radius 3 is 2.21 bits per heavy atom. The van der Waals surface area contributed by atoms with Crippen LogP contribution in [0.1, 0.15) is 106 Å². The number of fused-ring (bicyclic) bond motifs is 7. The molecule has 0 aromatic carbocycles. The zero-order valence-electron chi connectivity index (χ0n) is 22.0. The van der Waals surface area contributed by atoms with Crippen molar-refractivity contribution in [2.45, 2.75) is 112 Å². The summed E-state index contributed by atoms with van der Waals surface area (Å²) in [7, 11) is 0. The van der Waals surface area contributed by atoms with Crippen LogP contribution in [0.25, 0.3) is 0 Å². The Bertz CT molecular complexity index is 861. The van der Waals surface area contributed by atoms with Crippen molar-refractivity contribution in [3.05, 3.63) is 12.2 Å². The summed E-state index contributed by atoms with van der Waals surface area (Å²) in [5.74, 6) is 1.66. The normalized spacial score (nSPS) is 55.5. The van der Waals surface area contributed by atoms with E-state index in [4.69, 9.17) is 0 Å². The minimum atomic E-state index is -0.588. The Balaban J connectivity index is 1.57. The molecule has 2 N–H and O–H groups in total. The summed E-state index contributed by atoms with van der Waals surface area (Å²) in [6.45, 7) is 19.2. The largest absolute Gasteiger partial charge is 0.481 e. The lowest BCUT2D eigenvalue weighted by molar-refractivity contribution is -0.248. The average Bonchev–Trinajstić information content (AvgIpc) is 2.74. The Morgan fingerprint density at radius 1 is 0.848 bits per heavy atom. The first-order chi connectivity index (χ1) is 15.3. The summed E-state index contributed by atoms with van der Waals surface area (Å²) in [5, 5.41) is 21.4. The SMILES string of the molecule is C=C1[C@H](C)CC[C@]2(C(=O)O)CC[C@]3(C)[C@H](CC[C@@H]4[C@@]5(C)CC[C@H](O)C(C)(C)[C@@H]5CC[C@]43C)[C@H]12. The molecule has 0 saturated heterocycles. The maximum Gasteiger partial charge on any atom is 0.310 e. The molecule has 0 spiro atoms. The van der Waals surface area contributed by atoms with Gasteiger partial charge in [-0.3, -0.25) is 4.79 Å². The number of carboxylic acid groups (broad SMARTS) is 1. The summed E-state index contributed by atoms with van der Waals surface area (Å²) < 4.78 is 0. The molecule has 5 aliphatic rings. The highest BCUT2D eigenvalue weighted by Gasteiger charge is 2.71. The second-order valence-corrected chi connectivity index (χ2v) is 14.5. The average molecular weight is 457 g/mol. The van der Waals surface area contributed by atoms with E-state index in [1.54, 1.807) is 0 Å². The van der Waals surface area contributed by atoms with Gasteiger partial charge in [0.05, 0.1) is 11.5 Å². The van der Waals surface area contributed by atoms with Crippen molar-refractivity contribution in [2.24, 2.45) is 56.7 Å². The van der Waals surface area contributed by atoms with Crippen molar-refractivity contribution >= 4 is 5.97 Å². The molecular formula is C30H48O3. The number of aliphatic hydroxyl groups excluding tert-OH is 1. The number of hydrogen-bond acceptors (Lipinski definition) is 2. The highest BCUT2D eigenvalue weighted by Crippen LogP contribution is 2.76. The van der Waals surface area contributed by atoms with Crippen LogP contribution in [0.2, 0.25) is 0 Å². The van der Waals surface area contributed by atoms with Crippen molar-refractivity contribution < 1.29 is 15.0 Å². The molecule has 0 aromatic heterocycles. The summed E-state index contributed by atoms with van der Waals surface area (Å²) in [5.41, 5.74) is 1.28. The zero-order valence-corrected chi connectivity index (χ0v) is 22.0. The highest BCUT2D eigenvalue weighted by molar-refractivity contribution is 5.76. The third-order valence-electron chi connectivity index (χ3n) is 13.5. The second kappa shape index (κ2) is 7.11. The summed E-state index contributed by atoms with van der Waals surface area (Å²) in [6.07, 6.45) is 10.3. The van der Waals surface area contributed by atoms with E-state index in [2.05, 4.69) is 48.1 Å². The van der Waals surface area contributed by atoms with Gasteiger partial charge in [0.1, 0.15) is 0 Å². The van der Waals surface area contributed by atoms with Crippen LogP contribution in [0.15, 0.2) is 12.2 Å². The van der Waals surface area contributed by atoms with Gasteiger partial charge in [0, 0.05) is 0 Å². The number of hydrogen-bond donors (Lipinski definition) is 2. The number of rotatable bonds is 1. The van der Waals surface area contributed by atoms with Gasteiger partial charge in [-0.25, -0.2) is 0 Å². The molecule has 5 fully saturated rings. The summed E-state index contributed by atoms with van der Waals surface area (Å²) >= 11 is 0. The van der Waals surface area contributed by atoms with E-state index in [0.29, 0.717) is 23.7 Å². The van der Waals surface area contributed by atoms with Gasteiger partial charge in [-0.2, -0.15) is 0 Å². The molecule has 5 aliphatic carbocycles. The topological polar surface area (TPSA) is 57.5 Å². The van der Waals surface area contributed by atoms with Gasteiger partial charge in [-0.15, -0.1) is 0 Å². The van der Waals surface area contributed by atoms with Gasteiger partial charge in [-0.1, -0.05) is 53.7 Å². The van der Waals surface area contributed by atoms with Gasteiger partial charge < -0.3 is 10.2 Å². The Morgan fingerprint density at radius 2 is 1.55 bits per heavy atom. The highest BCUT2D eigenvalue weighted by atomic mass is 16.4. The number of carbonyl (C=O) groups is 1. The van der Waals surface area contributed by atoms with E-state index in [9.17, 15) is 15.0 Å². The predicted octanol–water partition coefficient (Wildman–Crippen LogP) is 7.09. The van der Waals surface area contributed by atoms with E-state index in [0.717, 1.165) is 44.9 Å². The molecule has 3 heteroatoms. The van der Waals surface area contributed by atoms with Crippen LogP contribution in [0.5, 0.6) is 0 Å². The van der Waals surface area contributed by atoms with Gasteiger partial charge in [0.25, 0.3) is 0 Å². The van der Waals surface area contributed by atoms with Crippen molar-refractivity contribution in [2.75, 3.05) is 0 Å². The van der Waals surface area contributed by atoms with E-state index in [1.165, 1.54) is 24.8 Å². The molecule has 0 amide bonds. The molecule has 5 rings (SSSR count). The number of aliphatic hydroxyl groups is 1. The first-order valence-electron chi connectivity index (χ1n) is 13.9. The zero-order chi connectivity index (χ0) is 24.2. The van der Waals surface area contributed by atoms with Crippen LogP contribution < -0.4 is 0 Å². The van der Waals surface area contributed by atoms with Crippen LogP contribution in [-0.4, -0.2) is 22.3 Å². The van der Waals surface area contributed by atoms with Crippen molar-refractivity contribution in [3.8, 4) is 0 Å². The van der Waals surface area contributed by atoms with E-state index < -0.39 is 11.4 Å². The van der Waals surface area contributed by atoms with E-state index in [1.807, 2.05) is 0 Å². The van der Waals surface area contributed by atoms with Crippen molar-refractivity contribution in [3.63, 3.8) is 0 Å². The fraction of sp³-hybridized carbons (Fsp3) is 0.900. The molecule has 0 radical (unpaired) electrons. The molecular weight excluding hydrogens is 408 g/mol. The summed E-state index contributed by atoms with van der Waals surface area (Å²) in [6, 6.07) is 0. The molecule has 33 heavy (non-hydrogen) atoms. The smallest absolute Gasteiger partial charge is 0.310 e. The fourth-order valence-electron chi connectivity index (χ4n) is 11.2. The molecule has 186 valence electrons. The molecule has 0 heterocycles. The maximum atomic E-state index is 12.8. The first kappa shape index (κ1) is 23.9. The third kappa shape index (κ3) is 2.75. The molecule has 0 aromatic rings. The van der Waals surface area contributed by atoms with Crippen LogP contribution in [-0.2, 0) is 4.79 Å². The Hall–Kier alpha value is -0.830. The van der Waals surface area contributed by atoms with Gasteiger partial charge >= 0.3 is 5.97 Å². The summed E-state index contributed by atoms with van der Waals surface area (Å²) in [4.78, 5) is 12.8. The third-order valence-corrected chi connectivity index (χ3v) is 13.5. The maximum absolute atomic E-state index is 12.8. The minimum Gasteiger partial charge on any atom is -0.481 e. The number of aliphatic carboxylic acids is 1. The first-order valence-corrected chi connectivity index (χ1v) is 13.9.